The lowest BCUT2D eigenvalue weighted by Crippen LogP contribution is -2.13. The fourth-order valence-electron chi connectivity index (χ4n) is 2.27. The zero-order chi connectivity index (χ0) is 12.7. The van der Waals surface area contributed by atoms with Gasteiger partial charge in [-0.05, 0) is 51.8 Å². The second-order valence-corrected chi connectivity index (χ2v) is 5.49. The smallest absolute Gasteiger partial charge is 0.0341 e. The summed E-state index contributed by atoms with van der Waals surface area (Å²) in [5.74, 6) is 0.701. The quantitative estimate of drug-likeness (QED) is 0.744. The first kappa shape index (κ1) is 14.5. The average molecular weight is 254 g/mol. The zero-order valence-electron chi connectivity index (χ0n) is 11.2. The second-order valence-electron chi connectivity index (χ2n) is 4.87. The lowest BCUT2D eigenvalue weighted by Gasteiger charge is -2.25. The number of nitrogens with one attached hydrogen (secondary N) is 1. The van der Waals surface area contributed by atoms with E-state index in [1.807, 2.05) is 14.1 Å². The Kier molecular flexibility index (Phi) is 6.61. The van der Waals surface area contributed by atoms with Crippen LogP contribution in [0.4, 0.5) is 0 Å². The summed E-state index contributed by atoms with van der Waals surface area (Å²) in [6, 6.07) is 8.92. The molecule has 2 atom stereocenters. The van der Waals surface area contributed by atoms with Crippen molar-refractivity contribution >= 4 is 11.6 Å². The Hall–Kier alpha value is -0.530. The summed E-state index contributed by atoms with van der Waals surface area (Å²) < 4.78 is 0. The van der Waals surface area contributed by atoms with E-state index < -0.39 is 0 Å². The molecule has 96 valence electrons. The minimum Gasteiger partial charge on any atom is -0.323 e. The van der Waals surface area contributed by atoms with E-state index in [-0.39, 0.29) is 0 Å². The lowest BCUT2D eigenvalue weighted by atomic mass is 9.83. The van der Waals surface area contributed by atoms with E-state index in [2.05, 4.69) is 36.5 Å². The van der Waals surface area contributed by atoms with E-state index in [0.29, 0.717) is 11.3 Å². The first-order valence-corrected chi connectivity index (χ1v) is 6.90. The summed E-state index contributed by atoms with van der Waals surface area (Å²) in [6.07, 6.45) is 4.95. The molecule has 0 spiro atoms. The van der Waals surface area contributed by atoms with Gasteiger partial charge in [0.15, 0.2) is 0 Å². The van der Waals surface area contributed by atoms with Crippen molar-refractivity contribution in [2.75, 3.05) is 14.1 Å². The van der Waals surface area contributed by atoms with Crippen molar-refractivity contribution in [2.24, 2.45) is 0 Å². The Bertz CT molecular complexity index is 307. The van der Waals surface area contributed by atoms with Crippen LogP contribution >= 0.6 is 11.6 Å². The summed E-state index contributed by atoms with van der Waals surface area (Å²) in [5.41, 5.74) is 2.81. The van der Waals surface area contributed by atoms with Crippen LogP contribution in [0.3, 0.4) is 0 Å². The Morgan fingerprint density at radius 3 is 2.24 bits per heavy atom. The minimum absolute atomic E-state index is 0.398. The highest BCUT2D eigenvalue weighted by Crippen LogP contribution is 2.35. The van der Waals surface area contributed by atoms with Crippen LogP contribution in [0.2, 0.25) is 0 Å². The predicted molar refractivity (Wildman–Crippen MR) is 77.0 cm³/mol. The summed E-state index contributed by atoms with van der Waals surface area (Å²) in [7, 11) is 3.75. The highest BCUT2D eigenvalue weighted by atomic mass is 35.5. The lowest BCUT2D eigenvalue weighted by molar-refractivity contribution is 0.449. The molecule has 1 fully saturated rings. The van der Waals surface area contributed by atoms with Gasteiger partial charge in [0.1, 0.15) is 0 Å². The fraction of sp³-hybridized carbons (Fsp3) is 0.600. The number of benzene rings is 1. The molecule has 1 saturated carbocycles. The standard InChI is InChI=1S/C13H17Cl.C2H7N/c1-10-5-7-11(8-6-10)12-3-2-4-13(14)9-12;1-3-2/h5-8,12-13H,2-4,9H2,1H3;3H,1-2H3. The molecule has 1 aromatic carbocycles. The number of hydrogen-bond acceptors (Lipinski definition) is 1. The van der Waals surface area contributed by atoms with Gasteiger partial charge in [-0.3, -0.25) is 0 Å². The molecule has 0 heterocycles. The van der Waals surface area contributed by atoms with Crippen LogP contribution in [0, 0.1) is 6.92 Å². The van der Waals surface area contributed by atoms with Gasteiger partial charge in [0.05, 0.1) is 0 Å². The number of aryl methyl sites for hydroxylation is 1. The van der Waals surface area contributed by atoms with Gasteiger partial charge in [0.2, 0.25) is 0 Å². The average Bonchev–Trinajstić information content (AvgIpc) is 2.31. The number of alkyl halides is 1. The van der Waals surface area contributed by atoms with Crippen LogP contribution < -0.4 is 5.32 Å². The van der Waals surface area contributed by atoms with Crippen LogP contribution in [0.25, 0.3) is 0 Å². The molecular formula is C15H24ClN. The second kappa shape index (κ2) is 7.73. The molecule has 1 aliphatic carbocycles. The number of hydrogen-bond donors (Lipinski definition) is 1. The van der Waals surface area contributed by atoms with Crippen molar-refractivity contribution in [3.05, 3.63) is 35.4 Å². The summed E-state index contributed by atoms with van der Waals surface area (Å²) in [5, 5.41) is 3.15. The molecule has 0 aliphatic heterocycles. The molecule has 2 rings (SSSR count). The molecule has 1 aliphatic rings. The Morgan fingerprint density at radius 2 is 1.71 bits per heavy atom. The molecule has 1 aromatic rings. The first-order valence-electron chi connectivity index (χ1n) is 6.46. The van der Waals surface area contributed by atoms with Gasteiger partial charge >= 0.3 is 0 Å². The summed E-state index contributed by atoms with van der Waals surface area (Å²) in [6.45, 7) is 2.13. The molecule has 0 radical (unpaired) electrons. The molecule has 17 heavy (non-hydrogen) atoms. The molecule has 1 N–H and O–H groups in total. The molecule has 0 amide bonds. The maximum atomic E-state index is 6.19. The molecular weight excluding hydrogens is 230 g/mol. The largest absolute Gasteiger partial charge is 0.323 e. The Balaban J connectivity index is 0.000000437. The topological polar surface area (TPSA) is 12.0 Å². The van der Waals surface area contributed by atoms with Crippen molar-refractivity contribution in [2.45, 2.75) is 43.9 Å². The van der Waals surface area contributed by atoms with Crippen molar-refractivity contribution in [3.8, 4) is 0 Å². The van der Waals surface area contributed by atoms with Gasteiger partial charge in [-0.25, -0.2) is 0 Å². The highest BCUT2D eigenvalue weighted by molar-refractivity contribution is 6.20. The summed E-state index contributed by atoms with van der Waals surface area (Å²) >= 11 is 6.19. The molecule has 0 bridgehead atoms. The molecule has 2 heteroatoms. The Morgan fingerprint density at radius 1 is 1.12 bits per heavy atom. The van der Waals surface area contributed by atoms with Gasteiger partial charge in [0, 0.05) is 5.38 Å². The third kappa shape index (κ3) is 5.10. The SMILES string of the molecule is CNC.Cc1ccc(C2CCCC(Cl)C2)cc1. The maximum Gasteiger partial charge on any atom is 0.0341 e. The van der Waals surface area contributed by atoms with Gasteiger partial charge in [-0.1, -0.05) is 36.2 Å². The van der Waals surface area contributed by atoms with Crippen molar-refractivity contribution in [3.63, 3.8) is 0 Å². The van der Waals surface area contributed by atoms with E-state index in [1.54, 1.807) is 0 Å². The van der Waals surface area contributed by atoms with E-state index in [1.165, 1.54) is 30.4 Å². The van der Waals surface area contributed by atoms with Crippen LogP contribution in [-0.2, 0) is 0 Å². The van der Waals surface area contributed by atoms with Crippen LogP contribution in [-0.4, -0.2) is 19.5 Å². The van der Waals surface area contributed by atoms with Crippen molar-refractivity contribution in [1.82, 2.24) is 5.32 Å². The van der Waals surface area contributed by atoms with E-state index in [4.69, 9.17) is 11.6 Å². The molecule has 0 aromatic heterocycles. The summed E-state index contributed by atoms with van der Waals surface area (Å²) in [4.78, 5) is 0. The fourth-order valence-corrected chi connectivity index (χ4v) is 2.64. The Labute approximate surface area is 111 Å². The number of rotatable bonds is 1. The van der Waals surface area contributed by atoms with Crippen LogP contribution in [0.1, 0.15) is 42.7 Å². The van der Waals surface area contributed by atoms with Crippen molar-refractivity contribution in [1.29, 1.82) is 0 Å². The molecule has 0 saturated heterocycles. The maximum absolute atomic E-state index is 6.19. The van der Waals surface area contributed by atoms with E-state index >= 15 is 0 Å². The van der Waals surface area contributed by atoms with Crippen LogP contribution in [0.5, 0.6) is 0 Å². The van der Waals surface area contributed by atoms with E-state index in [9.17, 15) is 0 Å². The molecule has 1 nitrogen and oxygen atoms in total. The van der Waals surface area contributed by atoms with Crippen molar-refractivity contribution < 1.29 is 0 Å². The number of halogens is 1. The normalized spacial score (nSPS) is 23.8. The van der Waals surface area contributed by atoms with Crippen LogP contribution in [0.15, 0.2) is 24.3 Å². The van der Waals surface area contributed by atoms with Gasteiger partial charge in [0.25, 0.3) is 0 Å². The monoisotopic (exact) mass is 253 g/mol. The van der Waals surface area contributed by atoms with Gasteiger partial charge in [-0.2, -0.15) is 0 Å². The van der Waals surface area contributed by atoms with E-state index in [0.717, 1.165) is 6.42 Å². The highest BCUT2D eigenvalue weighted by Gasteiger charge is 2.21. The zero-order valence-corrected chi connectivity index (χ0v) is 11.9. The minimum atomic E-state index is 0.398. The predicted octanol–water partition coefficient (Wildman–Crippen LogP) is 4.10. The third-order valence-corrected chi connectivity index (χ3v) is 3.56. The van der Waals surface area contributed by atoms with Gasteiger partial charge < -0.3 is 5.32 Å². The van der Waals surface area contributed by atoms with Gasteiger partial charge in [-0.15, -0.1) is 11.6 Å². The third-order valence-electron chi connectivity index (χ3n) is 3.16. The molecule has 2 unspecified atom stereocenters. The first-order chi connectivity index (χ1) is 8.17.